The molecule has 1 aliphatic carbocycles. The third-order valence-electron chi connectivity index (χ3n) is 4.51. The molecule has 1 aliphatic rings. The van der Waals surface area contributed by atoms with Crippen LogP contribution in [0.4, 0.5) is 4.79 Å². The van der Waals surface area contributed by atoms with E-state index in [9.17, 15) is 9.59 Å². The summed E-state index contributed by atoms with van der Waals surface area (Å²) in [5.41, 5.74) is 2.57. The Hall–Kier alpha value is -2.28. The second-order valence-corrected chi connectivity index (χ2v) is 7.46. The van der Waals surface area contributed by atoms with Crippen molar-refractivity contribution in [1.82, 2.24) is 15.2 Å². The lowest BCUT2D eigenvalue weighted by Gasteiger charge is -2.20. The zero-order valence-corrected chi connectivity index (χ0v) is 16.0. The number of carbonyl (C=O) groups excluding carboxylic acids is 2. The molecule has 0 unspecified atom stereocenters. The number of fused-ring (bicyclic) bond motifs is 1. The lowest BCUT2D eigenvalue weighted by molar-refractivity contribution is -0.141. The fourth-order valence-electron chi connectivity index (χ4n) is 3.37. The summed E-state index contributed by atoms with van der Waals surface area (Å²) in [6.07, 6.45) is 8.64. The molecule has 140 valence electrons. The molecule has 0 bridgehead atoms. The van der Waals surface area contributed by atoms with Gasteiger partial charge in [-0.25, -0.2) is 4.79 Å². The monoisotopic (exact) mass is 375 g/mol. The second-order valence-electron chi connectivity index (χ2n) is 6.37. The van der Waals surface area contributed by atoms with Gasteiger partial charge in [-0.15, -0.1) is 11.3 Å². The summed E-state index contributed by atoms with van der Waals surface area (Å²) >= 11 is 1.82. The predicted molar refractivity (Wildman–Crippen MR) is 102 cm³/mol. The van der Waals surface area contributed by atoms with Crippen LogP contribution >= 0.6 is 11.3 Å². The van der Waals surface area contributed by atoms with E-state index in [1.54, 1.807) is 6.92 Å². The summed E-state index contributed by atoms with van der Waals surface area (Å²) in [5, 5.41) is 6.70. The first-order valence-corrected chi connectivity index (χ1v) is 9.89. The van der Waals surface area contributed by atoms with E-state index in [0.717, 1.165) is 12.8 Å². The Morgan fingerprint density at radius 2 is 2.00 bits per heavy atom. The molecule has 2 amide bonds. The molecule has 2 N–H and O–H groups in total. The molecular weight excluding hydrogens is 350 g/mol. The van der Waals surface area contributed by atoms with Crippen LogP contribution in [0.1, 0.15) is 48.7 Å². The van der Waals surface area contributed by atoms with Crippen molar-refractivity contribution in [1.29, 1.82) is 0 Å². The molecule has 0 fully saturated rings. The zero-order chi connectivity index (χ0) is 18.5. The normalized spacial score (nSPS) is 14.4. The number of hydrogen-bond acceptors (Lipinski definition) is 4. The smallest absolute Gasteiger partial charge is 0.325 e. The Morgan fingerprint density at radius 3 is 2.73 bits per heavy atom. The van der Waals surface area contributed by atoms with Crippen molar-refractivity contribution < 1.29 is 14.3 Å². The van der Waals surface area contributed by atoms with Crippen molar-refractivity contribution >= 4 is 23.3 Å². The zero-order valence-electron chi connectivity index (χ0n) is 15.2. The number of rotatable bonds is 6. The fraction of sp³-hybridized carbons (Fsp3) is 0.474. The highest BCUT2D eigenvalue weighted by Gasteiger charge is 2.26. The predicted octanol–water partition coefficient (Wildman–Crippen LogP) is 3.34. The average molecular weight is 375 g/mol. The van der Waals surface area contributed by atoms with E-state index in [0.29, 0.717) is 6.61 Å². The number of hydrogen-bond donors (Lipinski definition) is 2. The summed E-state index contributed by atoms with van der Waals surface area (Å²) < 4.78 is 6.95. The van der Waals surface area contributed by atoms with Crippen molar-refractivity contribution in [3.63, 3.8) is 0 Å². The minimum atomic E-state index is -0.434. The molecule has 26 heavy (non-hydrogen) atoms. The van der Waals surface area contributed by atoms with E-state index < -0.39 is 5.97 Å². The molecule has 0 aliphatic heterocycles. The third-order valence-corrected chi connectivity index (χ3v) is 5.83. The largest absolute Gasteiger partial charge is 0.465 e. The van der Waals surface area contributed by atoms with Crippen molar-refractivity contribution in [2.45, 2.75) is 45.6 Å². The summed E-state index contributed by atoms with van der Waals surface area (Å²) in [6, 6.07) is 3.51. The maximum atomic E-state index is 12.2. The molecule has 2 aromatic rings. The van der Waals surface area contributed by atoms with E-state index in [-0.39, 0.29) is 18.6 Å². The highest BCUT2D eigenvalue weighted by Crippen LogP contribution is 2.40. The van der Waals surface area contributed by atoms with Crippen LogP contribution in [0.25, 0.3) is 5.00 Å². The van der Waals surface area contributed by atoms with Gasteiger partial charge in [-0.2, -0.15) is 0 Å². The van der Waals surface area contributed by atoms with Crippen LogP contribution in [-0.2, 0) is 22.4 Å². The Bertz CT molecular complexity index is 767. The number of esters is 1. The SMILES string of the molecule is CCOC(=O)CNC(=O)N[C@H](C)c1c(-n2cccc2)sc2c1CCCC2. The molecule has 0 radical (unpaired) electrons. The quantitative estimate of drug-likeness (QED) is 0.761. The number of amides is 2. The van der Waals surface area contributed by atoms with Crippen LogP contribution in [0.15, 0.2) is 24.5 Å². The maximum Gasteiger partial charge on any atom is 0.325 e. The first-order valence-electron chi connectivity index (χ1n) is 9.08. The van der Waals surface area contributed by atoms with Crippen molar-refractivity contribution in [2.24, 2.45) is 0 Å². The van der Waals surface area contributed by atoms with Gasteiger partial charge in [0, 0.05) is 22.8 Å². The van der Waals surface area contributed by atoms with Crippen LogP contribution in [0, 0.1) is 0 Å². The molecule has 1 atom stereocenters. The molecule has 2 aromatic heterocycles. The van der Waals surface area contributed by atoms with Gasteiger partial charge >= 0.3 is 12.0 Å². The van der Waals surface area contributed by atoms with E-state index in [4.69, 9.17) is 4.74 Å². The molecular formula is C19H25N3O3S. The number of aryl methyl sites for hydroxylation is 1. The van der Waals surface area contributed by atoms with Gasteiger partial charge in [0.2, 0.25) is 0 Å². The standard InChI is InChI=1S/C19H25N3O3S/c1-3-25-16(23)12-20-19(24)21-13(2)17-14-8-4-5-9-15(14)26-18(17)22-10-6-7-11-22/h6-7,10-11,13H,3-5,8-9,12H2,1-2H3,(H2,20,21,24)/t13-/m1/s1. The first kappa shape index (κ1) is 18.5. The third kappa shape index (κ3) is 4.09. The highest BCUT2D eigenvalue weighted by molar-refractivity contribution is 7.15. The summed E-state index contributed by atoms with van der Waals surface area (Å²) in [6.45, 7) is 3.91. The molecule has 3 rings (SSSR count). The number of urea groups is 1. The van der Waals surface area contributed by atoms with Crippen molar-refractivity contribution in [3.8, 4) is 5.00 Å². The molecule has 0 saturated heterocycles. The number of aromatic nitrogens is 1. The van der Waals surface area contributed by atoms with Gasteiger partial charge in [-0.1, -0.05) is 0 Å². The Balaban J connectivity index is 1.76. The Morgan fingerprint density at radius 1 is 1.27 bits per heavy atom. The number of thiophene rings is 1. The van der Waals surface area contributed by atoms with Crippen LogP contribution in [0.3, 0.4) is 0 Å². The number of nitrogens with zero attached hydrogens (tertiary/aromatic N) is 1. The molecule has 0 saturated carbocycles. The lowest BCUT2D eigenvalue weighted by atomic mass is 9.93. The average Bonchev–Trinajstić information content (AvgIpc) is 3.27. The summed E-state index contributed by atoms with van der Waals surface area (Å²) in [5.74, 6) is -0.434. The molecule has 0 spiro atoms. The summed E-state index contributed by atoms with van der Waals surface area (Å²) in [7, 11) is 0. The van der Waals surface area contributed by atoms with Crippen LogP contribution in [0.5, 0.6) is 0 Å². The minimum Gasteiger partial charge on any atom is -0.465 e. The Labute approximate surface area is 157 Å². The van der Waals surface area contributed by atoms with Gasteiger partial charge in [0.15, 0.2) is 0 Å². The minimum absolute atomic E-state index is 0.126. The van der Waals surface area contributed by atoms with Crippen LogP contribution in [-0.4, -0.2) is 29.7 Å². The van der Waals surface area contributed by atoms with Crippen LogP contribution < -0.4 is 10.6 Å². The number of nitrogens with one attached hydrogen (secondary N) is 2. The first-order chi connectivity index (χ1) is 12.6. The van der Waals surface area contributed by atoms with E-state index in [1.165, 1.54) is 33.8 Å². The molecule has 7 heteroatoms. The second kappa shape index (κ2) is 8.40. The van der Waals surface area contributed by atoms with Crippen molar-refractivity contribution in [3.05, 3.63) is 40.5 Å². The summed E-state index contributed by atoms with van der Waals surface area (Å²) in [4.78, 5) is 25.0. The molecule has 0 aromatic carbocycles. The van der Waals surface area contributed by atoms with Crippen molar-refractivity contribution in [2.75, 3.05) is 13.2 Å². The highest BCUT2D eigenvalue weighted by atomic mass is 32.1. The van der Waals surface area contributed by atoms with Gasteiger partial charge < -0.3 is 19.9 Å². The van der Waals surface area contributed by atoms with E-state index in [2.05, 4.69) is 15.2 Å². The van der Waals surface area contributed by atoms with Crippen LogP contribution in [0.2, 0.25) is 0 Å². The van der Waals surface area contributed by atoms with Gasteiger partial charge in [-0.3, -0.25) is 4.79 Å². The van der Waals surface area contributed by atoms with E-state index >= 15 is 0 Å². The number of ether oxygens (including phenoxy) is 1. The Kier molecular flexibility index (Phi) is 5.98. The maximum absolute atomic E-state index is 12.2. The van der Waals surface area contributed by atoms with Gasteiger partial charge in [0.05, 0.1) is 12.6 Å². The fourth-order valence-corrected chi connectivity index (χ4v) is 4.82. The number of carbonyl (C=O) groups is 2. The van der Waals surface area contributed by atoms with Gasteiger partial charge in [-0.05, 0) is 57.2 Å². The van der Waals surface area contributed by atoms with E-state index in [1.807, 2.05) is 42.8 Å². The topological polar surface area (TPSA) is 72.4 Å². The molecule has 6 nitrogen and oxygen atoms in total. The van der Waals surface area contributed by atoms with Gasteiger partial charge in [0.1, 0.15) is 11.5 Å². The molecule has 2 heterocycles. The van der Waals surface area contributed by atoms with Gasteiger partial charge in [0.25, 0.3) is 0 Å². The lowest BCUT2D eigenvalue weighted by Crippen LogP contribution is -2.40.